The van der Waals surface area contributed by atoms with Gasteiger partial charge in [-0.3, -0.25) is 9.36 Å². The third kappa shape index (κ3) is 3.83. The lowest BCUT2D eigenvalue weighted by molar-refractivity contribution is -0.117. The minimum Gasteiger partial charge on any atom is -0.464 e. The Kier molecular flexibility index (Phi) is 5.23. The number of carbonyl (C=O) groups is 1. The van der Waals surface area contributed by atoms with Crippen LogP contribution in [0.15, 0.2) is 71.3 Å². The standard InChI is InChI=1S/C21H17ClNO4P/c22-15-6-8-20-17(10-15)18(11-27-20)19(12-28(25)26)21(24)23-16-7-5-13-3-1-2-4-14(13)9-16/h1-11,19,28H,12H2,(H,23,24)(H,25,26). The van der Waals surface area contributed by atoms with Crippen LogP contribution in [0.3, 0.4) is 0 Å². The minimum atomic E-state index is -2.89. The summed E-state index contributed by atoms with van der Waals surface area (Å²) < 4.78 is 17.1. The smallest absolute Gasteiger partial charge is 0.232 e. The van der Waals surface area contributed by atoms with Gasteiger partial charge >= 0.3 is 0 Å². The molecule has 1 heterocycles. The molecule has 5 nitrogen and oxygen atoms in total. The number of anilines is 1. The van der Waals surface area contributed by atoms with Crippen LogP contribution in [0.25, 0.3) is 21.7 Å². The van der Waals surface area contributed by atoms with E-state index >= 15 is 0 Å². The molecule has 7 heteroatoms. The molecule has 0 aliphatic rings. The fraction of sp³-hybridized carbons (Fsp3) is 0.0952. The van der Waals surface area contributed by atoms with E-state index in [4.69, 9.17) is 16.0 Å². The van der Waals surface area contributed by atoms with Crippen LogP contribution in [-0.2, 0) is 9.36 Å². The van der Waals surface area contributed by atoms with Gasteiger partial charge in [-0.05, 0) is 41.1 Å². The summed E-state index contributed by atoms with van der Waals surface area (Å²) in [5.41, 5.74) is 1.74. The maximum absolute atomic E-state index is 13.0. The minimum absolute atomic E-state index is 0.175. The Balaban J connectivity index is 1.68. The van der Waals surface area contributed by atoms with Crippen LogP contribution in [0.5, 0.6) is 0 Å². The van der Waals surface area contributed by atoms with Crippen LogP contribution in [0.2, 0.25) is 5.02 Å². The highest BCUT2D eigenvalue weighted by Gasteiger charge is 2.26. The zero-order valence-electron chi connectivity index (χ0n) is 14.7. The topological polar surface area (TPSA) is 79.5 Å². The molecule has 142 valence electrons. The maximum Gasteiger partial charge on any atom is 0.232 e. The van der Waals surface area contributed by atoms with Gasteiger partial charge in [0.1, 0.15) is 5.58 Å². The summed E-state index contributed by atoms with van der Waals surface area (Å²) in [7, 11) is -2.89. The van der Waals surface area contributed by atoms with Crippen LogP contribution in [0.4, 0.5) is 5.69 Å². The van der Waals surface area contributed by atoms with E-state index in [1.165, 1.54) is 6.26 Å². The Morgan fingerprint density at radius 3 is 2.68 bits per heavy atom. The van der Waals surface area contributed by atoms with Gasteiger partial charge in [-0.25, -0.2) is 0 Å². The van der Waals surface area contributed by atoms with Gasteiger partial charge in [0.2, 0.25) is 5.91 Å². The van der Waals surface area contributed by atoms with Crippen molar-refractivity contribution in [2.24, 2.45) is 0 Å². The molecule has 1 amide bonds. The molecule has 0 bridgehead atoms. The molecule has 28 heavy (non-hydrogen) atoms. The van der Waals surface area contributed by atoms with Crippen LogP contribution >= 0.6 is 19.6 Å². The second-order valence-corrected chi connectivity index (χ2v) is 8.17. The van der Waals surface area contributed by atoms with E-state index in [0.29, 0.717) is 27.2 Å². The van der Waals surface area contributed by atoms with Gasteiger partial charge in [0.05, 0.1) is 12.2 Å². The van der Waals surface area contributed by atoms with Crippen molar-refractivity contribution in [3.63, 3.8) is 0 Å². The molecule has 1 aromatic heterocycles. The fourth-order valence-electron chi connectivity index (χ4n) is 3.31. The summed E-state index contributed by atoms with van der Waals surface area (Å²) in [4.78, 5) is 22.5. The van der Waals surface area contributed by atoms with Crippen molar-refractivity contribution in [1.29, 1.82) is 0 Å². The molecule has 2 atom stereocenters. The van der Waals surface area contributed by atoms with Crippen molar-refractivity contribution in [1.82, 2.24) is 0 Å². The summed E-state index contributed by atoms with van der Waals surface area (Å²) in [6.07, 6.45) is 1.28. The molecule has 0 saturated carbocycles. The second-order valence-electron chi connectivity index (χ2n) is 6.53. The molecule has 0 saturated heterocycles. The van der Waals surface area contributed by atoms with Crippen LogP contribution < -0.4 is 5.32 Å². The van der Waals surface area contributed by atoms with Crippen molar-refractivity contribution in [2.45, 2.75) is 5.92 Å². The SMILES string of the molecule is O=C(Nc1ccc2ccccc2c1)C(C[PH](=O)O)c1coc2ccc(Cl)cc12. The van der Waals surface area contributed by atoms with E-state index in [1.54, 1.807) is 18.2 Å². The molecule has 4 rings (SSSR count). The number of hydrogen-bond donors (Lipinski definition) is 2. The first-order valence-electron chi connectivity index (χ1n) is 8.69. The van der Waals surface area contributed by atoms with E-state index in [1.807, 2.05) is 42.5 Å². The molecular formula is C21H17ClNO4P. The van der Waals surface area contributed by atoms with E-state index in [9.17, 15) is 14.3 Å². The molecule has 0 fully saturated rings. The number of furan rings is 1. The molecule has 2 unspecified atom stereocenters. The van der Waals surface area contributed by atoms with Gasteiger partial charge in [-0.2, -0.15) is 0 Å². The number of amides is 1. The number of fused-ring (bicyclic) bond motifs is 2. The predicted molar refractivity (Wildman–Crippen MR) is 113 cm³/mol. The molecule has 0 radical (unpaired) electrons. The highest BCUT2D eigenvalue weighted by Crippen LogP contribution is 2.35. The highest BCUT2D eigenvalue weighted by molar-refractivity contribution is 7.38. The summed E-state index contributed by atoms with van der Waals surface area (Å²) in [5, 5.41) is 6.08. The van der Waals surface area contributed by atoms with Crippen molar-refractivity contribution in [3.05, 3.63) is 77.5 Å². The Hall–Kier alpha value is -2.59. The van der Waals surface area contributed by atoms with Crippen LogP contribution in [-0.4, -0.2) is 17.0 Å². The average molecular weight is 414 g/mol. The molecule has 0 aliphatic heterocycles. The summed E-state index contributed by atoms with van der Waals surface area (Å²) in [6, 6.07) is 18.5. The van der Waals surface area contributed by atoms with Crippen LogP contribution in [0, 0.1) is 0 Å². The van der Waals surface area contributed by atoms with Crippen molar-refractivity contribution >= 4 is 53.0 Å². The van der Waals surface area contributed by atoms with Crippen molar-refractivity contribution in [3.8, 4) is 0 Å². The average Bonchev–Trinajstić information content (AvgIpc) is 3.08. The van der Waals surface area contributed by atoms with Gasteiger partial charge in [-0.15, -0.1) is 0 Å². The van der Waals surface area contributed by atoms with E-state index in [0.717, 1.165) is 10.8 Å². The molecule has 0 aliphatic carbocycles. The maximum atomic E-state index is 13.0. The lowest BCUT2D eigenvalue weighted by Crippen LogP contribution is -2.22. The predicted octanol–water partition coefficient (Wildman–Crippen LogP) is 5.43. The Morgan fingerprint density at radius 1 is 1.11 bits per heavy atom. The van der Waals surface area contributed by atoms with Gasteiger partial charge < -0.3 is 14.6 Å². The Morgan fingerprint density at radius 2 is 1.89 bits per heavy atom. The van der Waals surface area contributed by atoms with Gasteiger partial charge in [-0.1, -0.05) is 41.9 Å². The summed E-state index contributed by atoms with van der Waals surface area (Å²) in [5.74, 6) is -1.20. The number of hydrogen-bond acceptors (Lipinski definition) is 3. The number of carbonyl (C=O) groups excluding carboxylic acids is 1. The first-order chi connectivity index (χ1) is 13.5. The first kappa shape index (κ1) is 18.8. The molecule has 4 aromatic rings. The summed E-state index contributed by atoms with van der Waals surface area (Å²) >= 11 is 6.08. The van der Waals surface area contributed by atoms with Gasteiger partial charge in [0.25, 0.3) is 0 Å². The fourth-order valence-corrected chi connectivity index (χ4v) is 4.23. The molecular weight excluding hydrogens is 397 g/mol. The third-order valence-corrected chi connectivity index (χ3v) is 5.65. The Bertz CT molecular complexity index is 1200. The molecule has 0 spiro atoms. The Labute approximate surface area is 166 Å². The van der Waals surface area contributed by atoms with Crippen LogP contribution in [0.1, 0.15) is 11.5 Å². The van der Waals surface area contributed by atoms with E-state index < -0.39 is 13.9 Å². The monoisotopic (exact) mass is 413 g/mol. The third-order valence-electron chi connectivity index (χ3n) is 4.65. The number of benzene rings is 3. The van der Waals surface area contributed by atoms with E-state index in [-0.39, 0.29) is 12.1 Å². The highest BCUT2D eigenvalue weighted by atomic mass is 35.5. The van der Waals surface area contributed by atoms with Gasteiger partial charge in [0.15, 0.2) is 8.03 Å². The number of halogens is 1. The van der Waals surface area contributed by atoms with Crippen molar-refractivity contribution < 1.29 is 18.7 Å². The molecule has 3 aromatic carbocycles. The van der Waals surface area contributed by atoms with E-state index in [2.05, 4.69) is 5.32 Å². The van der Waals surface area contributed by atoms with Crippen molar-refractivity contribution in [2.75, 3.05) is 11.5 Å². The summed E-state index contributed by atoms with van der Waals surface area (Å²) in [6.45, 7) is 0. The largest absolute Gasteiger partial charge is 0.464 e. The molecule has 2 N–H and O–H groups in total. The first-order valence-corrected chi connectivity index (χ1v) is 10.6. The quantitative estimate of drug-likeness (QED) is 0.428. The zero-order chi connectivity index (χ0) is 19.7. The lowest BCUT2D eigenvalue weighted by Gasteiger charge is -2.15. The lowest BCUT2D eigenvalue weighted by atomic mass is 9.99. The zero-order valence-corrected chi connectivity index (χ0v) is 16.4. The number of rotatable bonds is 5. The van der Waals surface area contributed by atoms with Gasteiger partial charge in [0, 0.05) is 27.8 Å². The number of nitrogens with one attached hydrogen (secondary N) is 1. The normalized spacial score (nSPS) is 13.5. The second kappa shape index (κ2) is 7.80.